The predicted molar refractivity (Wildman–Crippen MR) is 71.0 cm³/mol. The average molecular weight is 248 g/mol. The maximum atomic E-state index is 13.6. The first-order chi connectivity index (χ1) is 8.74. The number of benzene rings is 1. The zero-order valence-corrected chi connectivity index (χ0v) is 10.9. The summed E-state index contributed by atoms with van der Waals surface area (Å²) < 4.78 is 13.6. The van der Waals surface area contributed by atoms with Crippen molar-refractivity contribution in [2.24, 2.45) is 11.8 Å². The van der Waals surface area contributed by atoms with Crippen molar-refractivity contribution in [2.45, 2.75) is 19.4 Å². The standard InChI is InChI=1S/C15H21FN2/c1-11(6-12-4-2-3-5-15(12)16)18-9-13-7-17-8-14(13)10-18/h2-5,11,13-14,17H,6-10H2,1H3. The third kappa shape index (κ3) is 2.29. The minimum absolute atomic E-state index is 0.0644. The zero-order valence-electron chi connectivity index (χ0n) is 10.9. The normalized spacial score (nSPS) is 29.4. The molecule has 1 aromatic rings. The summed E-state index contributed by atoms with van der Waals surface area (Å²) in [4.78, 5) is 2.53. The maximum absolute atomic E-state index is 13.6. The third-order valence-corrected chi connectivity index (χ3v) is 4.51. The number of halogens is 1. The van der Waals surface area contributed by atoms with Gasteiger partial charge in [-0.05, 0) is 49.9 Å². The molecule has 3 atom stereocenters. The van der Waals surface area contributed by atoms with Crippen molar-refractivity contribution in [3.05, 3.63) is 35.6 Å². The molecule has 0 spiro atoms. The van der Waals surface area contributed by atoms with Gasteiger partial charge < -0.3 is 5.32 Å². The number of hydrogen-bond donors (Lipinski definition) is 1. The van der Waals surface area contributed by atoms with Gasteiger partial charge >= 0.3 is 0 Å². The molecule has 2 aliphatic heterocycles. The van der Waals surface area contributed by atoms with Gasteiger partial charge in [-0.3, -0.25) is 4.90 Å². The summed E-state index contributed by atoms with van der Waals surface area (Å²) in [6.07, 6.45) is 0.819. The highest BCUT2D eigenvalue weighted by Crippen LogP contribution is 2.28. The summed E-state index contributed by atoms with van der Waals surface area (Å²) in [6.45, 7) is 6.89. The molecule has 0 radical (unpaired) electrons. The number of rotatable bonds is 3. The van der Waals surface area contributed by atoms with Gasteiger partial charge in [-0.1, -0.05) is 18.2 Å². The van der Waals surface area contributed by atoms with Crippen molar-refractivity contribution in [1.29, 1.82) is 0 Å². The Morgan fingerprint density at radius 2 is 1.94 bits per heavy atom. The van der Waals surface area contributed by atoms with Crippen molar-refractivity contribution in [3.8, 4) is 0 Å². The van der Waals surface area contributed by atoms with Crippen LogP contribution < -0.4 is 5.32 Å². The van der Waals surface area contributed by atoms with Crippen LogP contribution in [0.4, 0.5) is 4.39 Å². The molecule has 2 aliphatic rings. The van der Waals surface area contributed by atoms with Crippen LogP contribution in [0, 0.1) is 17.7 Å². The van der Waals surface area contributed by atoms with Gasteiger partial charge in [0.15, 0.2) is 0 Å². The van der Waals surface area contributed by atoms with Crippen LogP contribution in [0.1, 0.15) is 12.5 Å². The first kappa shape index (κ1) is 12.1. The fourth-order valence-electron chi connectivity index (χ4n) is 3.36. The van der Waals surface area contributed by atoms with Gasteiger partial charge in [-0.2, -0.15) is 0 Å². The Balaban J connectivity index is 1.62. The Bertz CT molecular complexity index is 409. The molecule has 3 heteroatoms. The van der Waals surface area contributed by atoms with E-state index in [9.17, 15) is 4.39 Å². The minimum atomic E-state index is -0.0644. The van der Waals surface area contributed by atoms with Gasteiger partial charge in [0.25, 0.3) is 0 Å². The van der Waals surface area contributed by atoms with Crippen LogP contribution in [0.15, 0.2) is 24.3 Å². The Kier molecular flexibility index (Phi) is 3.35. The molecule has 2 saturated heterocycles. The fourth-order valence-corrected chi connectivity index (χ4v) is 3.36. The minimum Gasteiger partial charge on any atom is -0.316 e. The number of fused-ring (bicyclic) bond motifs is 1. The van der Waals surface area contributed by atoms with Crippen molar-refractivity contribution < 1.29 is 4.39 Å². The summed E-state index contributed by atoms with van der Waals surface area (Å²) in [7, 11) is 0. The van der Waals surface area contributed by atoms with Gasteiger partial charge in [-0.15, -0.1) is 0 Å². The van der Waals surface area contributed by atoms with E-state index in [2.05, 4.69) is 17.1 Å². The molecule has 2 fully saturated rings. The lowest BCUT2D eigenvalue weighted by Gasteiger charge is -2.25. The van der Waals surface area contributed by atoms with Gasteiger partial charge in [-0.25, -0.2) is 4.39 Å². The molecule has 2 heterocycles. The van der Waals surface area contributed by atoms with Gasteiger partial charge in [0.2, 0.25) is 0 Å². The average Bonchev–Trinajstić information content (AvgIpc) is 2.92. The van der Waals surface area contributed by atoms with Crippen LogP contribution in [-0.4, -0.2) is 37.1 Å². The van der Waals surface area contributed by atoms with Crippen LogP contribution in [0.3, 0.4) is 0 Å². The molecule has 0 amide bonds. The lowest BCUT2D eigenvalue weighted by molar-refractivity contribution is 0.238. The topological polar surface area (TPSA) is 15.3 Å². The second-order valence-corrected chi connectivity index (χ2v) is 5.78. The predicted octanol–water partition coefficient (Wildman–Crippen LogP) is 1.91. The van der Waals surface area contributed by atoms with E-state index in [-0.39, 0.29) is 5.82 Å². The van der Waals surface area contributed by atoms with Crippen LogP contribution in [0.5, 0.6) is 0 Å². The van der Waals surface area contributed by atoms with Gasteiger partial charge in [0, 0.05) is 19.1 Å². The zero-order chi connectivity index (χ0) is 12.5. The van der Waals surface area contributed by atoms with Crippen molar-refractivity contribution in [2.75, 3.05) is 26.2 Å². The number of nitrogens with zero attached hydrogens (tertiary/aromatic N) is 1. The Morgan fingerprint density at radius 3 is 2.61 bits per heavy atom. The Labute approximate surface area is 108 Å². The van der Waals surface area contributed by atoms with E-state index in [4.69, 9.17) is 0 Å². The molecule has 0 saturated carbocycles. The molecule has 18 heavy (non-hydrogen) atoms. The summed E-state index contributed by atoms with van der Waals surface area (Å²) >= 11 is 0. The van der Waals surface area contributed by atoms with Crippen LogP contribution in [0.25, 0.3) is 0 Å². The maximum Gasteiger partial charge on any atom is 0.126 e. The van der Waals surface area contributed by atoms with Gasteiger partial charge in [0.1, 0.15) is 5.82 Å². The number of nitrogens with one attached hydrogen (secondary N) is 1. The SMILES string of the molecule is CC(Cc1ccccc1F)N1CC2CNCC2C1. The Hall–Kier alpha value is -0.930. The largest absolute Gasteiger partial charge is 0.316 e. The molecule has 3 rings (SSSR count). The summed E-state index contributed by atoms with van der Waals surface area (Å²) in [5.41, 5.74) is 0.847. The van der Waals surface area contributed by atoms with Gasteiger partial charge in [0.05, 0.1) is 0 Å². The highest BCUT2D eigenvalue weighted by Gasteiger charge is 2.37. The second kappa shape index (κ2) is 4.98. The first-order valence-corrected chi connectivity index (χ1v) is 6.92. The molecule has 0 aromatic heterocycles. The van der Waals surface area contributed by atoms with E-state index in [0.29, 0.717) is 6.04 Å². The summed E-state index contributed by atoms with van der Waals surface area (Å²) in [6, 6.07) is 7.59. The van der Waals surface area contributed by atoms with E-state index in [1.807, 2.05) is 12.1 Å². The second-order valence-electron chi connectivity index (χ2n) is 5.78. The lowest BCUT2D eigenvalue weighted by atomic mass is 10.0. The van der Waals surface area contributed by atoms with E-state index < -0.39 is 0 Å². The van der Waals surface area contributed by atoms with Crippen molar-refractivity contribution >= 4 is 0 Å². The molecule has 2 nitrogen and oxygen atoms in total. The molecule has 3 unspecified atom stereocenters. The van der Waals surface area contributed by atoms with Crippen LogP contribution in [-0.2, 0) is 6.42 Å². The van der Waals surface area contributed by atoms with E-state index >= 15 is 0 Å². The Morgan fingerprint density at radius 1 is 1.28 bits per heavy atom. The molecular formula is C15H21FN2. The van der Waals surface area contributed by atoms with Crippen LogP contribution >= 0.6 is 0 Å². The quantitative estimate of drug-likeness (QED) is 0.879. The number of hydrogen-bond acceptors (Lipinski definition) is 2. The smallest absolute Gasteiger partial charge is 0.126 e. The van der Waals surface area contributed by atoms with Crippen molar-refractivity contribution in [3.63, 3.8) is 0 Å². The molecular weight excluding hydrogens is 227 g/mol. The monoisotopic (exact) mass is 248 g/mol. The van der Waals surface area contributed by atoms with Crippen LogP contribution in [0.2, 0.25) is 0 Å². The lowest BCUT2D eigenvalue weighted by Crippen LogP contribution is -2.35. The summed E-state index contributed by atoms with van der Waals surface area (Å²) in [5.74, 6) is 1.56. The highest BCUT2D eigenvalue weighted by molar-refractivity contribution is 5.18. The molecule has 1 N–H and O–H groups in total. The van der Waals surface area contributed by atoms with Crippen molar-refractivity contribution in [1.82, 2.24) is 10.2 Å². The fraction of sp³-hybridized carbons (Fsp3) is 0.600. The first-order valence-electron chi connectivity index (χ1n) is 6.92. The molecule has 98 valence electrons. The van der Waals surface area contributed by atoms with E-state index in [1.165, 1.54) is 13.1 Å². The van der Waals surface area contributed by atoms with E-state index in [1.54, 1.807) is 12.1 Å². The number of likely N-dealkylation sites (tertiary alicyclic amines) is 1. The summed E-state index contributed by atoms with van der Waals surface area (Å²) in [5, 5.41) is 3.46. The molecule has 0 aliphatic carbocycles. The molecule has 0 bridgehead atoms. The highest BCUT2D eigenvalue weighted by atomic mass is 19.1. The molecule has 1 aromatic carbocycles. The van der Waals surface area contributed by atoms with E-state index in [0.717, 1.165) is 36.9 Å². The third-order valence-electron chi connectivity index (χ3n) is 4.51.